The Balaban J connectivity index is 1.84. The van der Waals surface area contributed by atoms with Gasteiger partial charge in [0.15, 0.2) is 0 Å². The summed E-state index contributed by atoms with van der Waals surface area (Å²) in [5, 5.41) is 8.19. The van der Waals surface area contributed by atoms with Crippen LogP contribution in [0.4, 0.5) is 5.82 Å². The number of rotatable bonds is 3. The lowest BCUT2D eigenvalue weighted by molar-refractivity contribution is 0.392. The van der Waals surface area contributed by atoms with Crippen LogP contribution in [0.3, 0.4) is 0 Å². The molecule has 0 atom stereocenters. The lowest BCUT2D eigenvalue weighted by atomic mass is 9.97. The highest BCUT2D eigenvalue weighted by molar-refractivity contribution is 5.87. The summed E-state index contributed by atoms with van der Waals surface area (Å²) in [5.74, 6) is 1.73. The van der Waals surface area contributed by atoms with Crippen LogP contribution in [0.25, 0.3) is 11.1 Å². The third kappa shape index (κ3) is 2.28. The van der Waals surface area contributed by atoms with Crippen LogP contribution < -0.4 is 10.2 Å². The van der Waals surface area contributed by atoms with Crippen LogP contribution in [-0.2, 0) is 0 Å². The Labute approximate surface area is 112 Å². The molecule has 3 rings (SSSR count). The first-order valence-corrected chi connectivity index (χ1v) is 6.76. The molecular weight excluding hydrogens is 242 g/mol. The van der Waals surface area contributed by atoms with Gasteiger partial charge in [-0.2, -0.15) is 4.98 Å². The molecule has 19 heavy (non-hydrogen) atoms. The minimum Gasteiger partial charge on any atom is -0.356 e. The van der Waals surface area contributed by atoms with Crippen LogP contribution in [0.1, 0.15) is 18.5 Å². The highest BCUT2D eigenvalue weighted by Crippen LogP contribution is 2.29. The molecule has 3 heterocycles. The average molecular weight is 261 g/mol. The second-order valence-corrected chi connectivity index (χ2v) is 5.13. The lowest BCUT2D eigenvalue weighted by Crippen LogP contribution is -2.37. The van der Waals surface area contributed by atoms with Crippen LogP contribution in [0, 0.1) is 12.8 Å². The molecule has 102 valence electrons. The quantitative estimate of drug-likeness (QED) is 0.900. The predicted octanol–water partition coefficient (Wildman–Crippen LogP) is 1.36. The van der Waals surface area contributed by atoms with Crippen LogP contribution >= 0.6 is 0 Å². The van der Waals surface area contributed by atoms with E-state index in [1.807, 2.05) is 14.0 Å². The summed E-state index contributed by atoms with van der Waals surface area (Å²) in [6.45, 7) is 5.10. The molecule has 0 radical (unpaired) electrons. The minimum absolute atomic E-state index is 0.583. The minimum atomic E-state index is 0.583. The van der Waals surface area contributed by atoms with E-state index in [4.69, 9.17) is 4.52 Å². The second-order valence-electron chi connectivity index (χ2n) is 5.13. The van der Waals surface area contributed by atoms with Crippen molar-refractivity contribution in [2.75, 3.05) is 31.6 Å². The van der Waals surface area contributed by atoms with E-state index in [0.717, 1.165) is 42.5 Å². The first-order valence-electron chi connectivity index (χ1n) is 6.76. The zero-order valence-corrected chi connectivity index (χ0v) is 11.4. The molecule has 0 amide bonds. The largest absolute Gasteiger partial charge is 0.356 e. The van der Waals surface area contributed by atoms with Gasteiger partial charge in [-0.05, 0) is 39.3 Å². The van der Waals surface area contributed by atoms with E-state index in [1.165, 1.54) is 12.8 Å². The van der Waals surface area contributed by atoms with Gasteiger partial charge in [-0.1, -0.05) is 5.16 Å². The summed E-state index contributed by atoms with van der Waals surface area (Å²) in [6, 6.07) is 0. The normalized spacial score (nSPS) is 17.3. The van der Waals surface area contributed by atoms with Crippen molar-refractivity contribution in [1.29, 1.82) is 0 Å². The average Bonchev–Trinajstić information content (AvgIpc) is 2.82. The van der Waals surface area contributed by atoms with Crippen molar-refractivity contribution in [3.63, 3.8) is 0 Å². The number of nitrogens with one attached hydrogen (secondary N) is 1. The van der Waals surface area contributed by atoms with Gasteiger partial charge in [-0.15, -0.1) is 0 Å². The van der Waals surface area contributed by atoms with E-state index in [9.17, 15) is 0 Å². The highest BCUT2D eigenvalue weighted by atomic mass is 16.5. The van der Waals surface area contributed by atoms with Crippen molar-refractivity contribution in [1.82, 2.24) is 20.4 Å². The molecule has 1 fully saturated rings. The van der Waals surface area contributed by atoms with Gasteiger partial charge in [0.05, 0.1) is 5.69 Å². The summed E-state index contributed by atoms with van der Waals surface area (Å²) in [7, 11) is 2.01. The van der Waals surface area contributed by atoms with Crippen LogP contribution in [-0.4, -0.2) is 41.8 Å². The maximum atomic E-state index is 5.20. The number of hydrogen-bond donors (Lipinski definition) is 1. The molecule has 6 heteroatoms. The van der Waals surface area contributed by atoms with E-state index < -0.39 is 0 Å². The van der Waals surface area contributed by atoms with Gasteiger partial charge >= 0.3 is 0 Å². The van der Waals surface area contributed by atoms with E-state index in [-0.39, 0.29) is 0 Å². The molecule has 1 aliphatic heterocycles. The van der Waals surface area contributed by atoms with Crippen LogP contribution in [0.15, 0.2) is 10.9 Å². The fourth-order valence-electron chi connectivity index (χ4n) is 2.78. The van der Waals surface area contributed by atoms with Crippen molar-refractivity contribution in [3.05, 3.63) is 12.0 Å². The number of piperidine rings is 1. The second kappa shape index (κ2) is 5.13. The Bertz CT molecular complexity index is 559. The molecule has 0 spiro atoms. The summed E-state index contributed by atoms with van der Waals surface area (Å²) in [5.41, 5.74) is 1.45. The molecule has 2 aromatic rings. The lowest BCUT2D eigenvalue weighted by Gasteiger charge is -2.32. The predicted molar refractivity (Wildman–Crippen MR) is 73.2 cm³/mol. The Kier molecular flexibility index (Phi) is 3.33. The maximum absolute atomic E-state index is 5.20. The highest BCUT2D eigenvalue weighted by Gasteiger charge is 2.23. The monoisotopic (exact) mass is 261 g/mol. The standard InChI is InChI=1S/C13H19N5O/c1-9-11-12(15-8-16-13(11)19-17-9)18-5-3-10(4-6-18)7-14-2/h8,10,14H,3-7H2,1-2H3. The Morgan fingerprint density at radius 1 is 1.37 bits per heavy atom. The molecule has 0 aromatic carbocycles. The summed E-state index contributed by atoms with van der Waals surface area (Å²) in [4.78, 5) is 10.9. The van der Waals surface area contributed by atoms with Crippen LogP contribution in [0.2, 0.25) is 0 Å². The molecule has 6 nitrogen and oxygen atoms in total. The zero-order valence-electron chi connectivity index (χ0n) is 11.4. The summed E-state index contributed by atoms with van der Waals surface area (Å²) in [6.07, 6.45) is 3.94. The molecule has 2 aromatic heterocycles. The molecule has 0 aliphatic carbocycles. The van der Waals surface area contributed by atoms with Gasteiger partial charge in [0.1, 0.15) is 17.5 Å². The smallest absolute Gasteiger partial charge is 0.263 e. The molecule has 1 saturated heterocycles. The molecular formula is C13H19N5O. The van der Waals surface area contributed by atoms with Crippen molar-refractivity contribution >= 4 is 16.9 Å². The van der Waals surface area contributed by atoms with Crippen LogP contribution in [0.5, 0.6) is 0 Å². The molecule has 1 N–H and O–H groups in total. The third-order valence-electron chi connectivity index (χ3n) is 3.83. The van der Waals surface area contributed by atoms with Gasteiger partial charge in [0.25, 0.3) is 5.71 Å². The fourth-order valence-corrected chi connectivity index (χ4v) is 2.78. The Hall–Kier alpha value is -1.69. The van der Waals surface area contributed by atoms with E-state index in [2.05, 4.69) is 25.3 Å². The number of aromatic nitrogens is 3. The summed E-state index contributed by atoms with van der Waals surface area (Å²) < 4.78 is 5.20. The number of aryl methyl sites for hydroxylation is 1. The van der Waals surface area contributed by atoms with Gasteiger partial charge in [-0.3, -0.25) is 0 Å². The Morgan fingerprint density at radius 3 is 2.89 bits per heavy atom. The fraction of sp³-hybridized carbons (Fsp3) is 0.615. The Morgan fingerprint density at radius 2 is 2.16 bits per heavy atom. The van der Waals surface area contributed by atoms with Crippen molar-refractivity contribution in [2.24, 2.45) is 5.92 Å². The zero-order chi connectivity index (χ0) is 13.2. The van der Waals surface area contributed by atoms with Crippen molar-refractivity contribution in [3.8, 4) is 0 Å². The third-order valence-corrected chi connectivity index (χ3v) is 3.83. The molecule has 1 aliphatic rings. The van der Waals surface area contributed by atoms with Gasteiger partial charge in [0.2, 0.25) is 0 Å². The first-order chi connectivity index (χ1) is 9.29. The van der Waals surface area contributed by atoms with Crippen molar-refractivity contribution in [2.45, 2.75) is 19.8 Å². The van der Waals surface area contributed by atoms with Gasteiger partial charge < -0.3 is 14.7 Å². The van der Waals surface area contributed by atoms with E-state index >= 15 is 0 Å². The molecule has 0 bridgehead atoms. The number of anilines is 1. The number of nitrogens with zero attached hydrogens (tertiary/aromatic N) is 4. The van der Waals surface area contributed by atoms with Gasteiger partial charge in [-0.25, -0.2) is 4.98 Å². The maximum Gasteiger partial charge on any atom is 0.263 e. The SMILES string of the molecule is CNCC1CCN(c2ncnc3onc(C)c23)CC1. The number of fused-ring (bicyclic) bond motifs is 1. The van der Waals surface area contributed by atoms with E-state index in [0.29, 0.717) is 5.71 Å². The topological polar surface area (TPSA) is 67.1 Å². The summed E-state index contributed by atoms with van der Waals surface area (Å²) >= 11 is 0. The van der Waals surface area contributed by atoms with Crippen molar-refractivity contribution < 1.29 is 4.52 Å². The number of hydrogen-bond acceptors (Lipinski definition) is 6. The first kappa shape index (κ1) is 12.3. The van der Waals surface area contributed by atoms with E-state index in [1.54, 1.807) is 6.33 Å². The van der Waals surface area contributed by atoms with Gasteiger partial charge in [0, 0.05) is 13.1 Å². The molecule has 0 saturated carbocycles. The molecule has 0 unspecified atom stereocenters.